The van der Waals surface area contributed by atoms with E-state index in [4.69, 9.17) is 16.9 Å². The molecule has 2 heterocycles. The van der Waals surface area contributed by atoms with Crippen molar-refractivity contribution < 1.29 is 4.79 Å². The second-order valence-electron chi connectivity index (χ2n) is 5.71. The average molecular weight is 430 g/mol. The van der Waals surface area contributed by atoms with Crippen LogP contribution in [0.5, 0.6) is 0 Å². The van der Waals surface area contributed by atoms with Gasteiger partial charge < -0.3 is 9.88 Å². The van der Waals surface area contributed by atoms with Gasteiger partial charge in [0.15, 0.2) is 5.16 Å². The number of hydrogen-bond acceptors (Lipinski definition) is 6. The number of aromatic nitrogens is 3. The lowest BCUT2D eigenvalue weighted by atomic mass is 10.1. The van der Waals surface area contributed by atoms with E-state index in [0.717, 1.165) is 11.4 Å². The number of thioether (sulfide) groups is 1. The molecule has 1 aromatic carbocycles. The molecule has 0 aliphatic rings. The van der Waals surface area contributed by atoms with Gasteiger partial charge in [-0.3, -0.25) is 4.79 Å². The molecule has 0 unspecified atom stereocenters. The maximum atomic E-state index is 12.2. The van der Waals surface area contributed by atoms with Crippen molar-refractivity contribution in [2.45, 2.75) is 18.1 Å². The van der Waals surface area contributed by atoms with Crippen LogP contribution >= 0.6 is 34.7 Å². The maximum absolute atomic E-state index is 12.2. The number of nitriles is 1. The molecule has 0 saturated carbocycles. The number of nitrogens with zero attached hydrogens (tertiary/aromatic N) is 4. The van der Waals surface area contributed by atoms with Gasteiger partial charge in [-0.1, -0.05) is 41.6 Å². The van der Waals surface area contributed by atoms with Crippen molar-refractivity contribution in [3.05, 3.63) is 70.3 Å². The summed E-state index contributed by atoms with van der Waals surface area (Å²) in [6.45, 7) is 4.33. The summed E-state index contributed by atoms with van der Waals surface area (Å²) in [5.41, 5.74) is 1.53. The second kappa shape index (κ2) is 9.55. The largest absolute Gasteiger partial charge is 0.316 e. The monoisotopic (exact) mass is 429 g/mol. The van der Waals surface area contributed by atoms with Crippen molar-refractivity contribution >= 4 is 45.6 Å². The zero-order valence-corrected chi connectivity index (χ0v) is 17.2. The van der Waals surface area contributed by atoms with E-state index in [9.17, 15) is 4.79 Å². The van der Waals surface area contributed by atoms with Crippen LogP contribution in [0.2, 0.25) is 5.02 Å². The molecule has 0 bridgehead atoms. The summed E-state index contributed by atoms with van der Waals surface area (Å²) in [4.78, 5) is 12.2. The molecular weight excluding hydrogens is 414 g/mol. The van der Waals surface area contributed by atoms with E-state index < -0.39 is 0 Å². The molecule has 2 aromatic heterocycles. The standard InChI is InChI=1S/C19H16ClN5OS2/c1-2-8-25-16(10-13-3-5-15(20)6-4-13)23-24-19(25)28-12-17(26)22-18-14(11-21)7-9-27-18/h2-7,9H,1,8,10,12H2,(H,22,26). The highest BCUT2D eigenvalue weighted by Crippen LogP contribution is 2.24. The Morgan fingerprint density at radius 2 is 2.14 bits per heavy atom. The van der Waals surface area contributed by atoms with E-state index in [0.29, 0.717) is 33.7 Å². The number of anilines is 1. The van der Waals surface area contributed by atoms with Gasteiger partial charge in [-0.05, 0) is 29.1 Å². The number of benzene rings is 1. The minimum absolute atomic E-state index is 0.166. The normalized spacial score (nSPS) is 10.4. The van der Waals surface area contributed by atoms with E-state index in [1.54, 1.807) is 17.5 Å². The van der Waals surface area contributed by atoms with Crippen LogP contribution in [0.1, 0.15) is 17.0 Å². The second-order valence-corrected chi connectivity index (χ2v) is 8.01. The van der Waals surface area contributed by atoms with Gasteiger partial charge in [0.05, 0.1) is 11.3 Å². The minimum Gasteiger partial charge on any atom is -0.316 e. The summed E-state index contributed by atoms with van der Waals surface area (Å²) < 4.78 is 1.94. The number of amides is 1. The van der Waals surface area contributed by atoms with Crippen LogP contribution in [0.25, 0.3) is 0 Å². The Hall–Kier alpha value is -2.60. The van der Waals surface area contributed by atoms with Crippen molar-refractivity contribution in [1.29, 1.82) is 5.26 Å². The number of halogens is 1. The molecule has 9 heteroatoms. The first kappa shape index (κ1) is 20.1. The Morgan fingerprint density at radius 3 is 2.86 bits per heavy atom. The van der Waals surface area contributed by atoms with E-state index in [2.05, 4.69) is 28.2 Å². The van der Waals surface area contributed by atoms with Crippen LogP contribution < -0.4 is 5.32 Å². The molecule has 142 valence electrons. The predicted molar refractivity (Wildman–Crippen MR) is 113 cm³/mol. The fourth-order valence-electron chi connectivity index (χ4n) is 2.44. The molecule has 0 atom stereocenters. The molecule has 28 heavy (non-hydrogen) atoms. The van der Waals surface area contributed by atoms with Crippen LogP contribution in [-0.4, -0.2) is 26.4 Å². The summed E-state index contributed by atoms with van der Waals surface area (Å²) in [6.07, 6.45) is 2.37. The topological polar surface area (TPSA) is 83.6 Å². The third-order valence-corrected chi connectivity index (χ3v) is 5.80. The zero-order chi connectivity index (χ0) is 19.9. The maximum Gasteiger partial charge on any atom is 0.235 e. The molecule has 6 nitrogen and oxygen atoms in total. The number of nitrogens with one attached hydrogen (secondary N) is 1. The Labute approximate surface area is 175 Å². The fraction of sp³-hybridized carbons (Fsp3) is 0.158. The molecular formula is C19H16ClN5OS2. The van der Waals surface area contributed by atoms with E-state index >= 15 is 0 Å². The lowest BCUT2D eigenvalue weighted by molar-refractivity contribution is -0.113. The summed E-state index contributed by atoms with van der Waals surface area (Å²) in [7, 11) is 0. The van der Waals surface area contributed by atoms with Gasteiger partial charge in [0.2, 0.25) is 5.91 Å². The molecule has 0 aliphatic heterocycles. The van der Waals surface area contributed by atoms with Gasteiger partial charge in [-0.15, -0.1) is 28.1 Å². The summed E-state index contributed by atoms with van der Waals surface area (Å²) in [5.74, 6) is 0.755. The van der Waals surface area contributed by atoms with E-state index in [-0.39, 0.29) is 11.7 Å². The molecule has 0 fully saturated rings. The van der Waals surface area contributed by atoms with Crippen LogP contribution in [0.15, 0.2) is 53.5 Å². The number of allylic oxidation sites excluding steroid dienone is 1. The molecule has 0 radical (unpaired) electrons. The SMILES string of the molecule is C=CCn1c(Cc2ccc(Cl)cc2)nnc1SCC(=O)Nc1sccc1C#N. The Balaban J connectivity index is 1.67. The third-order valence-electron chi connectivity index (χ3n) is 3.75. The van der Waals surface area contributed by atoms with Crippen LogP contribution in [-0.2, 0) is 17.8 Å². The van der Waals surface area contributed by atoms with Crippen molar-refractivity contribution in [2.24, 2.45) is 0 Å². The molecule has 0 spiro atoms. The lowest BCUT2D eigenvalue weighted by Crippen LogP contribution is -2.14. The van der Waals surface area contributed by atoms with E-state index in [1.165, 1.54) is 23.1 Å². The van der Waals surface area contributed by atoms with Crippen molar-refractivity contribution in [3.63, 3.8) is 0 Å². The number of rotatable bonds is 8. The van der Waals surface area contributed by atoms with Gasteiger partial charge in [0.25, 0.3) is 0 Å². The first-order chi connectivity index (χ1) is 13.6. The third kappa shape index (κ3) is 5.01. The molecule has 3 rings (SSSR count). The van der Waals surface area contributed by atoms with Gasteiger partial charge in [-0.25, -0.2) is 0 Å². The summed E-state index contributed by atoms with van der Waals surface area (Å²) in [6, 6.07) is 11.3. The minimum atomic E-state index is -0.198. The molecule has 1 N–H and O–H groups in total. The average Bonchev–Trinajstić information content (AvgIpc) is 3.29. The van der Waals surface area contributed by atoms with Crippen molar-refractivity contribution in [3.8, 4) is 6.07 Å². The Morgan fingerprint density at radius 1 is 1.36 bits per heavy atom. The Bertz CT molecular complexity index is 1020. The number of carbonyl (C=O) groups is 1. The molecule has 1 amide bonds. The fourth-order valence-corrected chi connectivity index (χ4v) is 4.09. The van der Waals surface area contributed by atoms with Crippen LogP contribution in [0, 0.1) is 11.3 Å². The van der Waals surface area contributed by atoms with Gasteiger partial charge in [0.1, 0.15) is 16.9 Å². The number of carbonyl (C=O) groups excluding carboxylic acids is 1. The Kier molecular flexibility index (Phi) is 6.87. The van der Waals surface area contributed by atoms with Gasteiger partial charge in [0, 0.05) is 18.0 Å². The molecule has 3 aromatic rings. The first-order valence-corrected chi connectivity index (χ1v) is 10.5. The van der Waals surface area contributed by atoms with Gasteiger partial charge >= 0.3 is 0 Å². The lowest BCUT2D eigenvalue weighted by Gasteiger charge is -2.08. The predicted octanol–water partition coefficient (Wildman–Crippen LogP) is 4.37. The van der Waals surface area contributed by atoms with Crippen LogP contribution in [0.4, 0.5) is 5.00 Å². The highest BCUT2D eigenvalue weighted by Gasteiger charge is 2.15. The van der Waals surface area contributed by atoms with E-state index in [1.807, 2.05) is 28.8 Å². The van der Waals surface area contributed by atoms with Crippen molar-refractivity contribution in [1.82, 2.24) is 14.8 Å². The quantitative estimate of drug-likeness (QED) is 0.424. The number of hydrogen-bond donors (Lipinski definition) is 1. The molecule has 0 aliphatic carbocycles. The zero-order valence-electron chi connectivity index (χ0n) is 14.8. The summed E-state index contributed by atoms with van der Waals surface area (Å²) in [5, 5.41) is 23.9. The highest BCUT2D eigenvalue weighted by molar-refractivity contribution is 7.99. The van der Waals surface area contributed by atoms with Gasteiger partial charge in [-0.2, -0.15) is 5.26 Å². The molecule has 0 saturated heterocycles. The van der Waals surface area contributed by atoms with Crippen LogP contribution in [0.3, 0.4) is 0 Å². The van der Waals surface area contributed by atoms with Crippen molar-refractivity contribution in [2.75, 3.05) is 11.1 Å². The summed E-state index contributed by atoms with van der Waals surface area (Å²) >= 11 is 8.55. The first-order valence-electron chi connectivity index (χ1n) is 8.28. The smallest absolute Gasteiger partial charge is 0.235 e. The number of thiophene rings is 1. The highest BCUT2D eigenvalue weighted by atomic mass is 35.5.